The summed E-state index contributed by atoms with van der Waals surface area (Å²) in [4.78, 5) is 24.5. The van der Waals surface area contributed by atoms with Crippen molar-refractivity contribution in [3.63, 3.8) is 0 Å². The first kappa shape index (κ1) is 17.7. The standard InChI is InChI=1S/C20H18FNO4/c1-12-16-11-15(23)7-8-17(16)26-20(25)18(12)19(24)22-9-3-5-13-4-2-6-14(21)10-13/h2,4,6-8,10-11,23H,3,5,9H2,1H3,(H,22,24). The highest BCUT2D eigenvalue weighted by atomic mass is 19.1. The maximum Gasteiger partial charge on any atom is 0.349 e. The molecule has 0 fully saturated rings. The van der Waals surface area contributed by atoms with Crippen LogP contribution in [0.4, 0.5) is 4.39 Å². The van der Waals surface area contributed by atoms with E-state index in [2.05, 4.69) is 5.32 Å². The van der Waals surface area contributed by atoms with Crippen LogP contribution in [-0.4, -0.2) is 17.6 Å². The highest BCUT2D eigenvalue weighted by Crippen LogP contribution is 2.23. The van der Waals surface area contributed by atoms with Crippen molar-refractivity contribution in [2.75, 3.05) is 6.54 Å². The van der Waals surface area contributed by atoms with Gasteiger partial charge in [0.15, 0.2) is 0 Å². The second kappa shape index (κ2) is 7.39. The average Bonchev–Trinajstić information content (AvgIpc) is 2.60. The summed E-state index contributed by atoms with van der Waals surface area (Å²) in [5, 5.41) is 12.8. The molecule has 0 saturated carbocycles. The van der Waals surface area contributed by atoms with Gasteiger partial charge in [-0.25, -0.2) is 9.18 Å². The van der Waals surface area contributed by atoms with Gasteiger partial charge < -0.3 is 14.8 Å². The maximum absolute atomic E-state index is 13.1. The number of nitrogens with one attached hydrogen (secondary N) is 1. The molecule has 3 rings (SSSR count). The lowest BCUT2D eigenvalue weighted by atomic mass is 10.0. The number of fused-ring (bicyclic) bond motifs is 1. The number of benzene rings is 2. The van der Waals surface area contributed by atoms with Gasteiger partial charge >= 0.3 is 5.63 Å². The van der Waals surface area contributed by atoms with Gasteiger partial charge in [0.1, 0.15) is 22.7 Å². The number of rotatable bonds is 5. The highest BCUT2D eigenvalue weighted by Gasteiger charge is 2.18. The SMILES string of the molecule is Cc1c(C(=O)NCCCc2cccc(F)c2)c(=O)oc2ccc(O)cc12. The van der Waals surface area contributed by atoms with Crippen LogP contribution in [0.25, 0.3) is 11.0 Å². The lowest BCUT2D eigenvalue weighted by Crippen LogP contribution is -2.30. The summed E-state index contributed by atoms with van der Waals surface area (Å²) < 4.78 is 18.3. The number of carbonyl (C=O) groups is 1. The Kier molecular flexibility index (Phi) is 5.02. The number of hydrogen-bond donors (Lipinski definition) is 2. The van der Waals surface area contributed by atoms with E-state index in [1.54, 1.807) is 13.0 Å². The first-order chi connectivity index (χ1) is 12.5. The van der Waals surface area contributed by atoms with Crippen LogP contribution < -0.4 is 10.9 Å². The number of halogens is 1. The van der Waals surface area contributed by atoms with Gasteiger partial charge in [0, 0.05) is 11.9 Å². The largest absolute Gasteiger partial charge is 0.508 e. The van der Waals surface area contributed by atoms with E-state index in [4.69, 9.17) is 4.42 Å². The molecule has 0 aliphatic heterocycles. The molecule has 0 aliphatic carbocycles. The zero-order valence-electron chi connectivity index (χ0n) is 14.2. The zero-order valence-corrected chi connectivity index (χ0v) is 14.2. The second-order valence-electron chi connectivity index (χ2n) is 6.06. The third-order valence-corrected chi connectivity index (χ3v) is 4.19. The Balaban J connectivity index is 1.70. The van der Waals surface area contributed by atoms with Gasteiger partial charge in [0.25, 0.3) is 5.91 Å². The summed E-state index contributed by atoms with van der Waals surface area (Å²) in [6.07, 6.45) is 1.21. The fourth-order valence-electron chi connectivity index (χ4n) is 2.88. The Morgan fingerprint density at radius 3 is 2.81 bits per heavy atom. The lowest BCUT2D eigenvalue weighted by Gasteiger charge is -2.09. The molecule has 2 aromatic carbocycles. The van der Waals surface area contributed by atoms with Crippen LogP contribution in [0, 0.1) is 12.7 Å². The Morgan fingerprint density at radius 2 is 2.04 bits per heavy atom. The van der Waals surface area contributed by atoms with Crippen LogP contribution in [0.15, 0.2) is 51.7 Å². The third kappa shape index (κ3) is 3.74. The number of aromatic hydroxyl groups is 1. The summed E-state index contributed by atoms with van der Waals surface area (Å²) >= 11 is 0. The van der Waals surface area contributed by atoms with Gasteiger partial charge in [-0.1, -0.05) is 12.1 Å². The molecule has 0 saturated heterocycles. The topological polar surface area (TPSA) is 79.5 Å². The number of carbonyl (C=O) groups excluding carboxylic acids is 1. The molecule has 5 nitrogen and oxygen atoms in total. The van der Waals surface area contributed by atoms with E-state index >= 15 is 0 Å². The van der Waals surface area contributed by atoms with Gasteiger partial charge in [0.2, 0.25) is 0 Å². The van der Waals surface area contributed by atoms with Gasteiger partial charge in [-0.15, -0.1) is 0 Å². The zero-order chi connectivity index (χ0) is 18.7. The lowest BCUT2D eigenvalue weighted by molar-refractivity contribution is 0.0949. The minimum absolute atomic E-state index is 0.0240. The third-order valence-electron chi connectivity index (χ3n) is 4.19. The molecule has 0 radical (unpaired) electrons. The van der Waals surface area contributed by atoms with Gasteiger partial charge in [-0.2, -0.15) is 0 Å². The van der Waals surface area contributed by atoms with Crippen LogP contribution in [0.5, 0.6) is 5.75 Å². The first-order valence-corrected chi connectivity index (χ1v) is 8.25. The molecule has 26 heavy (non-hydrogen) atoms. The molecular weight excluding hydrogens is 337 g/mol. The van der Waals surface area contributed by atoms with Gasteiger partial charge in [0.05, 0.1) is 0 Å². The predicted octanol–water partition coefficient (Wildman–Crippen LogP) is 3.31. The fourth-order valence-corrected chi connectivity index (χ4v) is 2.88. The fraction of sp³-hybridized carbons (Fsp3) is 0.200. The van der Waals surface area contributed by atoms with Crippen molar-refractivity contribution in [3.8, 4) is 5.75 Å². The van der Waals surface area contributed by atoms with E-state index in [-0.39, 0.29) is 17.1 Å². The molecule has 1 aromatic heterocycles. The van der Waals surface area contributed by atoms with Crippen LogP contribution in [-0.2, 0) is 6.42 Å². The summed E-state index contributed by atoms with van der Waals surface area (Å²) in [6.45, 7) is 1.98. The average molecular weight is 355 g/mol. The molecule has 1 heterocycles. The Morgan fingerprint density at radius 1 is 1.23 bits per heavy atom. The molecule has 0 spiro atoms. The van der Waals surface area contributed by atoms with Crippen LogP contribution in [0.2, 0.25) is 0 Å². The molecule has 0 atom stereocenters. The molecule has 3 aromatic rings. The summed E-state index contributed by atoms with van der Waals surface area (Å²) in [7, 11) is 0. The van der Waals surface area contributed by atoms with E-state index in [1.807, 2.05) is 6.07 Å². The van der Waals surface area contributed by atoms with E-state index in [9.17, 15) is 19.1 Å². The number of phenolic OH excluding ortho intramolecular Hbond substituents is 1. The minimum Gasteiger partial charge on any atom is -0.508 e. The van der Waals surface area contributed by atoms with Crippen molar-refractivity contribution in [2.24, 2.45) is 0 Å². The summed E-state index contributed by atoms with van der Waals surface area (Å²) in [5.41, 5.74) is 0.816. The Hall–Kier alpha value is -3.15. The number of hydrogen-bond acceptors (Lipinski definition) is 4. The van der Waals surface area contributed by atoms with E-state index < -0.39 is 11.5 Å². The minimum atomic E-state index is -0.719. The highest BCUT2D eigenvalue weighted by molar-refractivity contribution is 5.99. The maximum atomic E-state index is 13.1. The van der Waals surface area contributed by atoms with Gasteiger partial charge in [-0.05, 0) is 61.2 Å². The first-order valence-electron chi connectivity index (χ1n) is 8.25. The van der Waals surface area contributed by atoms with E-state index in [1.165, 1.54) is 30.3 Å². The van der Waals surface area contributed by atoms with Crippen molar-refractivity contribution in [1.82, 2.24) is 5.32 Å². The van der Waals surface area contributed by atoms with Crippen LogP contribution >= 0.6 is 0 Å². The second-order valence-corrected chi connectivity index (χ2v) is 6.06. The van der Waals surface area contributed by atoms with Crippen molar-refractivity contribution >= 4 is 16.9 Å². The molecule has 134 valence electrons. The molecular formula is C20H18FNO4. The van der Waals surface area contributed by atoms with Crippen molar-refractivity contribution in [1.29, 1.82) is 0 Å². The van der Waals surface area contributed by atoms with Gasteiger partial charge in [-0.3, -0.25) is 4.79 Å². The van der Waals surface area contributed by atoms with Crippen molar-refractivity contribution < 1.29 is 18.7 Å². The molecule has 0 bridgehead atoms. The Labute approximate surface area is 149 Å². The monoisotopic (exact) mass is 355 g/mol. The molecule has 0 aliphatic rings. The summed E-state index contributed by atoms with van der Waals surface area (Å²) in [5.74, 6) is -0.796. The van der Waals surface area contributed by atoms with Crippen molar-refractivity contribution in [2.45, 2.75) is 19.8 Å². The molecule has 2 N–H and O–H groups in total. The molecule has 0 unspecified atom stereocenters. The number of amides is 1. The van der Waals surface area contributed by atoms with E-state index in [0.717, 1.165) is 5.56 Å². The van der Waals surface area contributed by atoms with Crippen LogP contribution in [0.3, 0.4) is 0 Å². The number of aryl methyl sites for hydroxylation is 2. The number of phenols is 1. The Bertz CT molecular complexity index is 1030. The predicted molar refractivity (Wildman–Crippen MR) is 95.9 cm³/mol. The molecule has 6 heteroatoms. The van der Waals surface area contributed by atoms with Crippen molar-refractivity contribution in [3.05, 3.63) is 75.4 Å². The summed E-state index contributed by atoms with van der Waals surface area (Å²) in [6, 6.07) is 10.6. The molecule has 1 amide bonds. The smallest absolute Gasteiger partial charge is 0.349 e. The normalized spacial score (nSPS) is 10.8. The van der Waals surface area contributed by atoms with Crippen LogP contribution in [0.1, 0.15) is 27.9 Å². The quantitative estimate of drug-likeness (QED) is 0.544. The van der Waals surface area contributed by atoms with E-state index in [0.29, 0.717) is 35.9 Å².